The minimum absolute atomic E-state index is 0.432. The van der Waals surface area contributed by atoms with Gasteiger partial charge in [0, 0.05) is 17.8 Å². The summed E-state index contributed by atoms with van der Waals surface area (Å²) in [5.41, 5.74) is 2.00. The molecule has 1 aliphatic heterocycles. The lowest BCUT2D eigenvalue weighted by Gasteiger charge is -2.04. The van der Waals surface area contributed by atoms with E-state index >= 15 is 0 Å². The van der Waals surface area contributed by atoms with Crippen molar-refractivity contribution in [3.05, 3.63) is 29.7 Å². The molecule has 1 atom stereocenters. The number of rotatable bonds is 2. The largest absolute Gasteiger partial charge is 0.309 e. The molecule has 2 aromatic rings. The maximum Gasteiger partial charge on any atom is 0.143 e. The molecule has 0 aromatic carbocycles. The van der Waals surface area contributed by atoms with Gasteiger partial charge in [-0.15, -0.1) is 11.3 Å². The van der Waals surface area contributed by atoms with Gasteiger partial charge >= 0.3 is 0 Å². The van der Waals surface area contributed by atoms with Crippen LogP contribution in [0.1, 0.15) is 24.6 Å². The van der Waals surface area contributed by atoms with Crippen molar-refractivity contribution in [3.8, 4) is 10.7 Å². The van der Waals surface area contributed by atoms with Crippen LogP contribution in [0.3, 0.4) is 0 Å². The van der Waals surface area contributed by atoms with Crippen molar-refractivity contribution in [2.45, 2.75) is 18.9 Å². The monoisotopic (exact) mass is 232 g/mol. The lowest BCUT2D eigenvalue weighted by molar-refractivity contribution is 0.632. The van der Waals surface area contributed by atoms with Crippen LogP contribution in [0.4, 0.5) is 0 Å². The van der Waals surface area contributed by atoms with E-state index < -0.39 is 0 Å². The second-order valence-corrected chi connectivity index (χ2v) is 4.68. The molecule has 5 heteroatoms. The zero-order chi connectivity index (χ0) is 10.8. The quantitative estimate of drug-likeness (QED) is 0.860. The number of nitrogens with one attached hydrogen (secondary N) is 1. The number of hydrogen-bond donors (Lipinski definition) is 1. The molecule has 0 unspecified atom stereocenters. The summed E-state index contributed by atoms with van der Waals surface area (Å²) in [6.07, 6.45) is 7.55. The van der Waals surface area contributed by atoms with Crippen LogP contribution >= 0.6 is 11.3 Å². The Morgan fingerprint density at radius 1 is 1.38 bits per heavy atom. The minimum Gasteiger partial charge on any atom is -0.309 e. The van der Waals surface area contributed by atoms with E-state index in [-0.39, 0.29) is 0 Å². The fourth-order valence-corrected chi connectivity index (χ4v) is 2.74. The van der Waals surface area contributed by atoms with Crippen LogP contribution in [0, 0.1) is 0 Å². The van der Waals surface area contributed by atoms with Crippen LogP contribution in [-0.4, -0.2) is 21.5 Å². The first-order chi connectivity index (χ1) is 7.93. The van der Waals surface area contributed by atoms with Gasteiger partial charge in [-0.3, -0.25) is 9.97 Å². The zero-order valence-corrected chi connectivity index (χ0v) is 9.57. The van der Waals surface area contributed by atoms with Gasteiger partial charge in [0.25, 0.3) is 0 Å². The third kappa shape index (κ3) is 1.83. The molecule has 3 heterocycles. The van der Waals surface area contributed by atoms with Gasteiger partial charge in [-0.2, -0.15) is 0 Å². The second-order valence-electron chi connectivity index (χ2n) is 3.82. The van der Waals surface area contributed by atoms with Gasteiger partial charge < -0.3 is 5.32 Å². The molecule has 3 rings (SSSR count). The Morgan fingerprint density at radius 2 is 2.38 bits per heavy atom. The summed E-state index contributed by atoms with van der Waals surface area (Å²) >= 11 is 1.64. The van der Waals surface area contributed by atoms with E-state index in [9.17, 15) is 0 Å². The van der Waals surface area contributed by atoms with E-state index in [0.717, 1.165) is 22.9 Å². The topological polar surface area (TPSA) is 50.7 Å². The first-order valence-electron chi connectivity index (χ1n) is 5.39. The van der Waals surface area contributed by atoms with Crippen molar-refractivity contribution in [2.75, 3.05) is 6.54 Å². The highest BCUT2D eigenvalue weighted by Crippen LogP contribution is 2.28. The number of nitrogens with zero attached hydrogens (tertiary/aromatic N) is 3. The molecule has 4 nitrogen and oxygen atoms in total. The fourth-order valence-electron chi connectivity index (χ4n) is 1.91. The Bertz CT molecular complexity index is 462. The van der Waals surface area contributed by atoms with E-state index in [1.54, 1.807) is 29.9 Å². The van der Waals surface area contributed by atoms with Gasteiger partial charge in [0.1, 0.15) is 10.7 Å². The van der Waals surface area contributed by atoms with Crippen LogP contribution in [0.5, 0.6) is 0 Å². The molecular formula is C11H12N4S. The molecule has 0 spiro atoms. The average Bonchev–Trinajstić information content (AvgIpc) is 3.01. The molecule has 16 heavy (non-hydrogen) atoms. The Hall–Kier alpha value is -1.33. The van der Waals surface area contributed by atoms with Gasteiger partial charge in [0.2, 0.25) is 0 Å². The van der Waals surface area contributed by atoms with Gasteiger partial charge in [0.15, 0.2) is 0 Å². The highest BCUT2D eigenvalue weighted by Gasteiger charge is 2.19. The Labute approximate surface area is 97.8 Å². The Balaban J connectivity index is 1.87. The lowest BCUT2D eigenvalue weighted by Crippen LogP contribution is -2.12. The first-order valence-corrected chi connectivity index (χ1v) is 6.26. The van der Waals surface area contributed by atoms with Crippen LogP contribution in [-0.2, 0) is 0 Å². The maximum atomic E-state index is 4.62. The van der Waals surface area contributed by atoms with Crippen LogP contribution in [0.15, 0.2) is 24.0 Å². The van der Waals surface area contributed by atoms with E-state index in [2.05, 4.69) is 25.6 Å². The van der Waals surface area contributed by atoms with E-state index in [0.29, 0.717) is 6.04 Å². The first kappa shape index (κ1) is 9.86. The number of hydrogen-bond acceptors (Lipinski definition) is 5. The summed E-state index contributed by atoms with van der Waals surface area (Å²) < 4.78 is 0. The van der Waals surface area contributed by atoms with Gasteiger partial charge in [0.05, 0.1) is 17.9 Å². The second kappa shape index (κ2) is 4.27. The molecule has 0 aliphatic carbocycles. The maximum absolute atomic E-state index is 4.62. The van der Waals surface area contributed by atoms with Crippen molar-refractivity contribution >= 4 is 11.3 Å². The highest BCUT2D eigenvalue weighted by molar-refractivity contribution is 7.13. The molecule has 1 saturated heterocycles. The molecule has 1 fully saturated rings. The van der Waals surface area contributed by atoms with Crippen LogP contribution in [0.2, 0.25) is 0 Å². The van der Waals surface area contributed by atoms with Crippen LogP contribution < -0.4 is 5.32 Å². The van der Waals surface area contributed by atoms with E-state index in [4.69, 9.17) is 0 Å². The summed E-state index contributed by atoms with van der Waals surface area (Å²) in [7, 11) is 0. The smallest absolute Gasteiger partial charge is 0.143 e. The molecule has 1 aliphatic rings. The minimum atomic E-state index is 0.432. The zero-order valence-electron chi connectivity index (χ0n) is 8.76. The summed E-state index contributed by atoms with van der Waals surface area (Å²) in [6.45, 7) is 1.10. The van der Waals surface area contributed by atoms with Crippen molar-refractivity contribution in [2.24, 2.45) is 0 Å². The number of thiazole rings is 1. The highest BCUT2D eigenvalue weighted by atomic mass is 32.1. The molecule has 82 valence electrons. The van der Waals surface area contributed by atoms with Crippen molar-refractivity contribution in [1.82, 2.24) is 20.3 Å². The lowest BCUT2D eigenvalue weighted by atomic mass is 10.2. The summed E-state index contributed by atoms with van der Waals surface area (Å²) in [6, 6.07) is 0.432. The molecule has 1 N–H and O–H groups in total. The normalized spacial score (nSPS) is 20.1. The molecule has 2 aromatic heterocycles. The average molecular weight is 232 g/mol. The van der Waals surface area contributed by atoms with Crippen molar-refractivity contribution < 1.29 is 0 Å². The Kier molecular flexibility index (Phi) is 2.63. The standard InChI is InChI=1S/C11H12N4S/c1-2-8(13-3-1)10-7-16-11(15-10)9-6-12-4-5-14-9/h4-8,13H,1-3H2/t8-/m0/s1. The van der Waals surface area contributed by atoms with Crippen molar-refractivity contribution in [3.63, 3.8) is 0 Å². The molecule has 0 radical (unpaired) electrons. The fraction of sp³-hybridized carbons (Fsp3) is 0.364. The molecular weight excluding hydrogens is 220 g/mol. The molecule has 0 saturated carbocycles. The van der Waals surface area contributed by atoms with E-state index in [1.165, 1.54) is 12.8 Å². The third-order valence-electron chi connectivity index (χ3n) is 2.72. The molecule has 0 amide bonds. The summed E-state index contributed by atoms with van der Waals surface area (Å²) in [4.78, 5) is 12.9. The van der Waals surface area contributed by atoms with Crippen molar-refractivity contribution in [1.29, 1.82) is 0 Å². The van der Waals surface area contributed by atoms with Gasteiger partial charge in [-0.1, -0.05) is 0 Å². The predicted octanol–water partition coefficient (Wildman–Crippen LogP) is 2.02. The van der Waals surface area contributed by atoms with E-state index in [1.807, 2.05) is 0 Å². The SMILES string of the molecule is c1cnc(-c2nc([C@@H]3CCCN3)cs2)cn1. The van der Waals surface area contributed by atoms with Gasteiger partial charge in [-0.25, -0.2) is 4.98 Å². The predicted molar refractivity (Wildman–Crippen MR) is 63.1 cm³/mol. The molecule has 0 bridgehead atoms. The number of aromatic nitrogens is 3. The summed E-state index contributed by atoms with van der Waals surface area (Å²) in [5, 5.41) is 6.52. The summed E-state index contributed by atoms with van der Waals surface area (Å²) in [5.74, 6) is 0. The third-order valence-corrected chi connectivity index (χ3v) is 3.60. The van der Waals surface area contributed by atoms with Crippen LogP contribution in [0.25, 0.3) is 10.7 Å². The Morgan fingerprint density at radius 3 is 3.12 bits per heavy atom. The van der Waals surface area contributed by atoms with Gasteiger partial charge in [-0.05, 0) is 19.4 Å².